The number of aromatic nitrogens is 2. The summed E-state index contributed by atoms with van der Waals surface area (Å²) in [7, 11) is 0. The molecule has 0 saturated carbocycles. The highest BCUT2D eigenvalue weighted by molar-refractivity contribution is 7.22. The number of para-hydroxylation sites is 2. The molecule has 9 heteroatoms. The molecule has 4 aromatic rings. The highest BCUT2D eigenvalue weighted by Gasteiger charge is 2.21. The predicted octanol–water partition coefficient (Wildman–Crippen LogP) is 3.86. The zero-order valence-corrected chi connectivity index (χ0v) is 19.5. The molecule has 0 atom stereocenters. The molecular weight excluding hydrogens is 442 g/mol. The molecule has 32 heavy (non-hydrogen) atoms. The average Bonchev–Trinajstić information content (AvgIpc) is 3.45. The highest BCUT2D eigenvalue weighted by atomic mass is 32.1. The summed E-state index contributed by atoms with van der Waals surface area (Å²) in [6, 6.07) is 13.9. The van der Waals surface area contributed by atoms with Gasteiger partial charge in [0.15, 0.2) is 10.1 Å². The Morgan fingerprint density at radius 1 is 1.03 bits per heavy atom. The molecule has 5 rings (SSSR count). The van der Waals surface area contributed by atoms with Crippen LogP contribution >= 0.6 is 22.7 Å². The monoisotopic (exact) mass is 467 g/mol. The van der Waals surface area contributed by atoms with Gasteiger partial charge in [-0.1, -0.05) is 29.5 Å². The van der Waals surface area contributed by atoms with Gasteiger partial charge in [-0.15, -0.1) is 11.3 Å². The number of ether oxygens (including phenoxy) is 1. The largest absolute Gasteiger partial charge is 0.492 e. The van der Waals surface area contributed by atoms with E-state index in [0.717, 1.165) is 64.0 Å². The minimum absolute atomic E-state index is 0.0931. The number of amides is 1. The summed E-state index contributed by atoms with van der Waals surface area (Å²) < 4.78 is 7.93. The van der Waals surface area contributed by atoms with Gasteiger partial charge >= 0.3 is 0 Å². The smallest absolute Gasteiger partial charge is 0.280 e. The Kier molecular flexibility index (Phi) is 6.20. The Balaban J connectivity index is 1.12. The lowest BCUT2D eigenvalue weighted by atomic mass is 10.3. The summed E-state index contributed by atoms with van der Waals surface area (Å²) in [4.78, 5) is 26.5. The van der Waals surface area contributed by atoms with Crippen molar-refractivity contribution in [2.75, 3.05) is 50.8 Å². The third kappa shape index (κ3) is 4.41. The van der Waals surface area contributed by atoms with Gasteiger partial charge in [-0.3, -0.25) is 9.69 Å². The zero-order chi connectivity index (χ0) is 21.9. The molecular formula is C23H25N5O2S2. The fourth-order valence-corrected chi connectivity index (χ4v) is 5.77. The van der Waals surface area contributed by atoms with E-state index >= 15 is 0 Å². The first kappa shape index (κ1) is 21.1. The number of carbonyl (C=O) groups excluding carboxylic acids is 1. The third-order valence-electron chi connectivity index (χ3n) is 5.52. The molecule has 0 bridgehead atoms. The van der Waals surface area contributed by atoms with Gasteiger partial charge in [-0.25, -0.2) is 9.97 Å². The molecule has 166 valence electrons. The van der Waals surface area contributed by atoms with Crippen molar-refractivity contribution in [2.24, 2.45) is 0 Å². The summed E-state index contributed by atoms with van der Waals surface area (Å²) in [5.41, 5.74) is 1.83. The number of rotatable bonds is 7. The van der Waals surface area contributed by atoms with E-state index in [2.05, 4.69) is 26.2 Å². The fourth-order valence-electron chi connectivity index (χ4n) is 3.85. The second kappa shape index (κ2) is 9.40. The first-order valence-electron chi connectivity index (χ1n) is 10.8. The predicted molar refractivity (Wildman–Crippen MR) is 131 cm³/mol. The molecule has 0 unspecified atom stereocenters. The molecule has 1 amide bonds. The Hall–Kier alpha value is -2.75. The van der Waals surface area contributed by atoms with Crippen LogP contribution in [0, 0.1) is 0 Å². The van der Waals surface area contributed by atoms with Crippen molar-refractivity contribution in [3.8, 4) is 5.75 Å². The quantitative estimate of drug-likeness (QED) is 0.445. The zero-order valence-electron chi connectivity index (χ0n) is 17.9. The number of fused-ring (bicyclic) bond motifs is 2. The number of nitrogens with zero attached hydrogens (tertiary/aromatic N) is 4. The van der Waals surface area contributed by atoms with Gasteiger partial charge in [0.1, 0.15) is 11.3 Å². The molecule has 2 aromatic heterocycles. The van der Waals surface area contributed by atoms with Crippen LogP contribution in [0.1, 0.15) is 16.7 Å². The van der Waals surface area contributed by atoms with Gasteiger partial charge < -0.3 is 15.0 Å². The number of hydrogen-bond donors (Lipinski definition) is 1. The van der Waals surface area contributed by atoms with Crippen molar-refractivity contribution in [3.05, 3.63) is 47.5 Å². The molecule has 0 radical (unpaired) electrons. The van der Waals surface area contributed by atoms with E-state index in [1.807, 2.05) is 43.3 Å². The topological polar surface area (TPSA) is 70.6 Å². The number of anilines is 1. The number of hydrogen-bond acceptors (Lipinski definition) is 8. The van der Waals surface area contributed by atoms with Crippen molar-refractivity contribution >= 4 is 54.1 Å². The summed E-state index contributed by atoms with van der Waals surface area (Å²) in [6.07, 6.45) is 0. The molecule has 1 aliphatic heterocycles. The van der Waals surface area contributed by atoms with Gasteiger partial charge in [0.25, 0.3) is 5.91 Å². The second-order valence-corrected chi connectivity index (χ2v) is 9.64. The lowest BCUT2D eigenvalue weighted by molar-refractivity contribution is 0.0947. The average molecular weight is 468 g/mol. The van der Waals surface area contributed by atoms with E-state index in [1.54, 1.807) is 11.3 Å². The summed E-state index contributed by atoms with van der Waals surface area (Å²) in [6.45, 7) is 7.83. The summed E-state index contributed by atoms with van der Waals surface area (Å²) in [5, 5.41) is 4.59. The first-order chi connectivity index (χ1) is 15.7. The highest BCUT2D eigenvalue weighted by Crippen LogP contribution is 2.34. The molecule has 0 spiro atoms. The van der Waals surface area contributed by atoms with Gasteiger partial charge in [-0.05, 0) is 31.2 Å². The Bertz CT molecular complexity index is 1200. The molecule has 3 heterocycles. The molecule has 1 saturated heterocycles. The van der Waals surface area contributed by atoms with Crippen LogP contribution in [0.25, 0.3) is 20.4 Å². The maximum absolute atomic E-state index is 12.4. The van der Waals surface area contributed by atoms with Crippen LogP contribution in [0.5, 0.6) is 5.75 Å². The maximum atomic E-state index is 12.4. The van der Waals surface area contributed by atoms with Crippen LogP contribution in [-0.2, 0) is 0 Å². The van der Waals surface area contributed by atoms with Gasteiger partial charge in [0.2, 0.25) is 0 Å². The molecule has 2 aromatic carbocycles. The molecule has 0 aliphatic carbocycles. The maximum Gasteiger partial charge on any atom is 0.280 e. The van der Waals surface area contributed by atoms with Crippen molar-refractivity contribution in [1.29, 1.82) is 0 Å². The molecule has 1 fully saturated rings. The number of piperazine rings is 1. The Morgan fingerprint density at radius 2 is 1.84 bits per heavy atom. The van der Waals surface area contributed by atoms with Crippen molar-refractivity contribution in [1.82, 2.24) is 20.2 Å². The van der Waals surface area contributed by atoms with Crippen LogP contribution in [0.15, 0.2) is 42.5 Å². The SMILES string of the molecule is CCOc1cccc2sc(N3CCN(CCNC(=O)c4nc5ccccc5s4)CC3)nc12. The van der Waals surface area contributed by atoms with Crippen molar-refractivity contribution < 1.29 is 9.53 Å². The van der Waals surface area contributed by atoms with Crippen LogP contribution < -0.4 is 15.0 Å². The summed E-state index contributed by atoms with van der Waals surface area (Å²) >= 11 is 3.16. The lowest BCUT2D eigenvalue weighted by Gasteiger charge is -2.34. The molecule has 7 nitrogen and oxygen atoms in total. The number of carbonyl (C=O) groups is 1. The van der Waals surface area contributed by atoms with E-state index < -0.39 is 0 Å². The molecule has 1 N–H and O–H groups in total. The number of thiazole rings is 2. The molecule has 1 aliphatic rings. The number of nitrogens with one attached hydrogen (secondary N) is 1. The minimum atomic E-state index is -0.0931. The Labute approximate surface area is 194 Å². The lowest BCUT2D eigenvalue weighted by Crippen LogP contribution is -2.48. The van der Waals surface area contributed by atoms with Gasteiger partial charge in [0, 0.05) is 39.3 Å². The van der Waals surface area contributed by atoms with Crippen molar-refractivity contribution in [2.45, 2.75) is 6.92 Å². The van der Waals surface area contributed by atoms with E-state index in [9.17, 15) is 4.79 Å². The standard InChI is InChI=1S/C23H25N5O2S2/c1-2-30-17-7-5-9-19-20(17)26-23(32-19)28-14-12-27(13-15-28)11-10-24-21(29)22-25-16-6-3-4-8-18(16)31-22/h3-9H,2,10-15H2,1H3,(H,24,29). The summed E-state index contributed by atoms with van der Waals surface area (Å²) in [5.74, 6) is 0.763. The normalized spacial score (nSPS) is 14.8. The fraction of sp³-hybridized carbons (Fsp3) is 0.348. The first-order valence-corrected chi connectivity index (χ1v) is 12.5. The third-order valence-corrected chi connectivity index (χ3v) is 7.63. The Morgan fingerprint density at radius 3 is 2.66 bits per heavy atom. The van der Waals surface area contributed by atoms with Gasteiger partial charge in [-0.2, -0.15) is 0 Å². The minimum Gasteiger partial charge on any atom is -0.492 e. The van der Waals surface area contributed by atoms with E-state index in [0.29, 0.717) is 18.2 Å². The van der Waals surface area contributed by atoms with Crippen molar-refractivity contribution in [3.63, 3.8) is 0 Å². The van der Waals surface area contributed by atoms with Crippen LogP contribution in [0.3, 0.4) is 0 Å². The van der Waals surface area contributed by atoms with Crippen LogP contribution in [-0.4, -0.2) is 66.7 Å². The second-order valence-electron chi connectivity index (χ2n) is 7.60. The van der Waals surface area contributed by atoms with Crippen LogP contribution in [0.4, 0.5) is 5.13 Å². The van der Waals surface area contributed by atoms with E-state index in [-0.39, 0.29) is 5.91 Å². The van der Waals surface area contributed by atoms with Crippen LogP contribution in [0.2, 0.25) is 0 Å². The number of benzene rings is 2. The van der Waals surface area contributed by atoms with Gasteiger partial charge in [0.05, 0.1) is 21.5 Å². The van der Waals surface area contributed by atoms with E-state index in [1.165, 1.54) is 11.3 Å². The van der Waals surface area contributed by atoms with E-state index in [4.69, 9.17) is 9.72 Å².